The van der Waals surface area contributed by atoms with Crippen molar-refractivity contribution in [1.82, 2.24) is 4.37 Å². The van der Waals surface area contributed by atoms with E-state index in [1.165, 1.54) is 28.2 Å². The van der Waals surface area contributed by atoms with Crippen molar-refractivity contribution in [3.05, 3.63) is 137 Å². The van der Waals surface area contributed by atoms with Gasteiger partial charge in [0.1, 0.15) is 0 Å². The molecule has 30 heavy (non-hydrogen) atoms. The third-order valence-electron chi connectivity index (χ3n) is 5.69. The molecule has 0 amide bonds. The van der Waals surface area contributed by atoms with Gasteiger partial charge in [0.05, 0.1) is 22.4 Å². The maximum absolute atomic E-state index is 9.58. The second kappa shape index (κ2) is 7.86. The third-order valence-corrected chi connectivity index (χ3v) is 6.50. The average Bonchev–Trinajstić information content (AvgIpc) is 3.25. The minimum Gasteiger partial charge on any atom is -0.392 e. The van der Waals surface area contributed by atoms with Gasteiger partial charge in [-0.3, -0.25) is 0 Å². The molecule has 0 spiro atoms. The first-order valence-electron chi connectivity index (χ1n) is 10.0. The molecule has 0 saturated carbocycles. The molecule has 0 fully saturated rings. The predicted octanol–water partition coefficient (Wildman–Crippen LogP) is 6.17. The average molecular weight is 408 g/mol. The number of nitrogens with zero attached hydrogens (tertiary/aromatic N) is 1. The van der Waals surface area contributed by atoms with Crippen LogP contribution in [0, 0.1) is 0 Å². The Balaban J connectivity index is 1.92. The number of aliphatic hydroxyl groups is 1. The van der Waals surface area contributed by atoms with E-state index in [1.54, 1.807) is 0 Å². The Morgan fingerprint density at radius 1 is 0.667 bits per heavy atom. The van der Waals surface area contributed by atoms with Gasteiger partial charge < -0.3 is 5.11 Å². The summed E-state index contributed by atoms with van der Waals surface area (Å²) >= 11 is 1.49. The number of rotatable bonds is 5. The van der Waals surface area contributed by atoms with Crippen LogP contribution in [0.3, 0.4) is 0 Å². The highest BCUT2D eigenvalue weighted by molar-refractivity contribution is 7.13. The van der Waals surface area contributed by atoms with Crippen LogP contribution in [0.5, 0.6) is 0 Å². The fourth-order valence-electron chi connectivity index (χ4n) is 4.33. The summed E-state index contributed by atoms with van der Waals surface area (Å²) in [7, 11) is 0. The molecule has 1 heterocycles. The first-order chi connectivity index (χ1) is 14.8. The smallest absolute Gasteiger partial charge is 0.0891 e. The van der Waals surface area contributed by atoms with Gasteiger partial charge in [0.25, 0.3) is 0 Å². The molecule has 1 aromatic heterocycles. The van der Waals surface area contributed by atoms with Gasteiger partial charge >= 0.3 is 0 Å². The van der Waals surface area contributed by atoms with Gasteiger partial charge in [-0.15, -0.1) is 0 Å². The molecule has 0 radical (unpaired) electrons. The van der Waals surface area contributed by atoms with E-state index < -0.39 is 5.41 Å². The summed E-state index contributed by atoms with van der Waals surface area (Å²) in [5, 5.41) is 10.7. The summed E-state index contributed by atoms with van der Waals surface area (Å²) in [6.07, 6.45) is 0. The van der Waals surface area contributed by atoms with Crippen molar-refractivity contribution >= 4 is 21.6 Å². The molecule has 0 bridgehead atoms. The number of aliphatic hydroxyl groups excluding tert-OH is 1. The lowest BCUT2D eigenvalue weighted by atomic mass is 9.66. The first kappa shape index (κ1) is 18.7. The highest BCUT2D eigenvalue weighted by Gasteiger charge is 2.41. The van der Waals surface area contributed by atoms with E-state index in [1.807, 2.05) is 12.1 Å². The second-order valence-corrected chi connectivity index (χ2v) is 8.17. The molecule has 146 valence electrons. The standard InChI is InChI=1S/C27H21NOS/c29-19-20-16-17-24-25(18-20)30-28-26(24)27(21-10-4-1-5-11-21,22-12-6-2-7-13-22)23-14-8-3-9-15-23/h1-18,29H,19H2. The number of aromatic nitrogens is 1. The fraction of sp³-hybridized carbons (Fsp3) is 0.0741. The number of fused-ring (bicyclic) bond motifs is 1. The summed E-state index contributed by atoms with van der Waals surface area (Å²) in [4.78, 5) is 0. The summed E-state index contributed by atoms with van der Waals surface area (Å²) in [5.74, 6) is 0. The Kier molecular flexibility index (Phi) is 4.91. The Morgan fingerprint density at radius 2 is 1.17 bits per heavy atom. The normalized spacial score (nSPS) is 11.6. The van der Waals surface area contributed by atoms with E-state index >= 15 is 0 Å². The summed E-state index contributed by atoms with van der Waals surface area (Å²) in [6, 6.07) is 38.0. The molecular weight excluding hydrogens is 386 g/mol. The zero-order chi connectivity index (χ0) is 20.4. The molecule has 5 aromatic rings. The molecule has 0 aliphatic carbocycles. The van der Waals surface area contributed by atoms with Gasteiger partial charge in [-0.1, -0.05) is 103 Å². The number of hydrogen-bond acceptors (Lipinski definition) is 3. The van der Waals surface area contributed by atoms with Crippen LogP contribution in [0.1, 0.15) is 27.9 Å². The number of benzene rings is 4. The van der Waals surface area contributed by atoms with Crippen molar-refractivity contribution < 1.29 is 5.11 Å². The van der Waals surface area contributed by atoms with Gasteiger partial charge in [-0.25, -0.2) is 0 Å². The van der Waals surface area contributed by atoms with E-state index in [0.717, 1.165) is 21.3 Å². The maximum Gasteiger partial charge on any atom is 0.0891 e. The Morgan fingerprint density at radius 3 is 1.63 bits per heavy atom. The zero-order valence-corrected chi connectivity index (χ0v) is 17.2. The van der Waals surface area contributed by atoms with Crippen LogP contribution in [0.25, 0.3) is 10.1 Å². The Hall–Kier alpha value is -3.27. The van der Waals surface area contributed by atoms with Crippen LogP contribution >= 0.6 is 11.5 Å². The second-order valence-electron chi connectivity index (χ2n) is 7.37. The van der Waals surface area contributed by atoms with Gasteiger partial charge in [-0.05, 0) is 39.9 Å². The van der Waals surface area contributed by atoms with E-state index in [2.05, 4.69) is 97.1 Å². The lowest BCUT2D eigenvalue weighted by Gasteiger charge is -2.35. The predicted molar refractivity (Wildman–Crippen MR) is 124 cm³/mol. The van der Waals surface area contributed by atoms with Crippen molar-refractivity contribution in [2.75, 3.05) is 0 Å². The van der Waals surface area contributed by atoms with Crippen molar-refractivity contribution in [2.24, 2.45) is 0 Å². The molecule has 4 aromatic carbocycles. The lowest BCUT2D eigenvalue weighted by molar-refractivity contribution is 0.282. The quantitative estimate of drug-likeness (QED) is 0.353. The number of hydrogen-bond donors (Lipinski definition) is 1. The zero-order valence-electron chi connectivity index (χ0n) is 16.4. The van der Waals surface area contributed by atoms with E-state index in [0.29, 0.717) is 0 Å². The molecule has 0 saturated heterocycles. The van der Waals surface area contributed by atoms with E-state index in [-0.39, 0.29) is 6.61 Å². The van der Waals surface area contributed by atoms with Crippen molar-refractivity contribution in [2.45, 2.75) is 12.0 Å². The summed E-state index contributed by atoms with van der Waals surface area (Å²) in [6.45, 7) is 0.0321. The molecular formula is C27H21NOS. The Labute approximate surface area is 180 Å². The van der Waals surface area contributed by atoms with Crippen molar-refractivity contribution in [1.29, 1.82) is 0 Å². The highest BCUT2D eigenvalue weighted by atomic mass is 32.1. The molecule has 0 atom stereocenters. The molecule has 0 unspecified atom stereocenters. The van der Waals surface area contributed by atoms with Gasteiger partial charge in [0.15, 0.2) is 0 Å². The van der Waals surface area contributed by atoms with Crippen LogP contribution in [0.4, 0.5) is 0 Å². The maximum atomic E-state index is 9.58. The van der Waals surface area contributed by atoms with Crippen LogP contribution in [0.2, 0.25) is 0 Å². The topological polar surface area (TPSA) is 33.1 Å². The SMILES string of the molecule is OCc1ccc2c(C(c3ccccc3)(c3ccccc3)c3ccccc3)nsc2c1. The van der Waals surface area contributed by atoms with E-state index in [9.17, 15) is 5.11 Å². The summed E-state index contributed by atoms with van der Waals surface area (Å²) in [5.41, 5.74) is 4.93. The lowest BCUT2D eigenvalue weighted by Crippen LogP contribution is -2.31. The monoisotopic (exact) mass is 407 g/mol. The molecule has 3 heteroatoms. The van der Waals surface area contributed by atoms with Crippen molar-refractivity contribution in [3.63, 3.8) is 0 Å². The van der Waals surface area contributed by atoms with Crippen LogP contribution in [-0.2, 0) is 12.0 Å². The van der Waals surface area contributed by atoms with Gasteiger partial charge in [-0.2, -0.15) is 4.37 Å². The molecule has 5 rings (SSSR count). The minimum absolute atomic E-state index is 0.0321. The largest absolute Gasteiger partial charge is 0.392 e. The van der Waals surface area contributed by atoms with E-state index in [4.69, 9.17) is 4.37 Å². The molecule has 2 nitrogen and oxygen atoms in total. The van der Waals surface area contributed by atoms with Gasteiger partial charge in [0.2, 0.25) is 0 Å². The van der Waals surface area contributed by atoms with Crippen LogP contribution in [0.15, 0.2) is 109 Å². The molecule has 0 aliphatic rings. The highest BCUT2D eigenvalue weighted by Crippen LogP contribution is 2.47. The van der Waals surface area contributed by atoms with Crippen LogP contribution < -0.4 is 0 Å². The van der Waals surface area contributed by atoms with Gasteiger partial charge in [0, 0.05) is 5.39 Å². The molecule has 0 aliphatic heterocycles. The fourth-order valence-corrected chi connectivity index (χ4v) is 5.22. The third kappa shape index (κ3) is 2.95. The van der Waals surface area contributed by atoms with Crippen LogP contribution in [-0.4, -0.2) is 9.48 Å². The Bertz CT molecular complexity index is 1170. The first-order valence-corrected chi connectivity index (χ1v) is 10.8. The molecule has 1 N–H and O–H groups in total. The summed E-state index contributed by atoms with van der Waals surface area (Å²) < 4.78 is 6.12. The minimum atomic E-state index is -0.539. The van der Waals surface area contributed by atoms with Crippen molar-refractivity contribution in [3.8, 4) is 0 Å².